The standard InChI is InChI=1S/C22H27ClFO2P/c1-4-5-14-9-21(24)19(11-18(14)13(2)3)17-7-6-15-8-16(26-12-27-25)10-20(23)22(15)17/h8-11,13,17,25,27H,4-7,12H2,1-3H3. The molecule has 0 heterocycles. The van der Waals surface area contributed by atoms with Crippen LogP contribution < -0.4 is 4.74 Å². The van der Waals surface area contributed by atoms with E-state index in [9.17, 15) is 0 Å². The van der Waals surface area contributed by atoms with Crippen LogP contribution in [-0.4, -0.2) is 11.2 Å². The Bertz CT molecular complexity index is 822. The van der Waals surface area contributed by atoms with E-state index in [-0.39, 0.29) is 26.9 Å². The fraction of sp³-hybridized carbons (Fsp3) is 0.455. The molecule has 1 N–H and O–H groups in total. The summed E-state index contributed by atoms with van der Waals surface area (Å²) in [6.45, 7) is 6.45. The lowest BCUT2D eigenvalue weighted by molar-refractivity contribution is 0.379. The van der Waals surface area contributed by atoms with Gasteiger partial charge in [-0.2, -0.15) is 0 Å². The van der Waals surface area contributed by atoms with E-state index in [4.69, 9.17) is 21.2 Å². The number of hydrogen-bond donors (Lipinski definition) is 1. The second kappa shape index (κ2) is 8.90. The monoisotopic (exact) mass is 408 g/mol. The predicted molar refractivity (Wildman–Crippen MR) is 112 cm³/mol. The minimum atomic E-state index is -0.259. The summed E-state index contributed by atoms with van der Waals surface area (Å²) in [6.07, 6.45) is 3.88. The highest BCUT2D eigenvalue weighted by atomic mass is 35.5. The summed E-state index contributed by atoms with van der Waals surface area (Å²) in [5.41, 5.74) is 5.25. The zero-order chi connectivity index (χ0) is 19.6. The third kappa shape index (κ3) is 4.31. The van der Waals surface area contributed by atoms with Crippen LogP contribution in [0.4, 0.5) is 4.39 Å². The molecule has 0 fully saturated rings. The molecule has 0 aromatic heterocycles. The second-order valence-corrected chi connectivity index (χ2v) is 8.51. The molecule has 3 rings (SSSR count). The average molecular weight is 409 g/mol. The van der Waals surface area contributed by atoms with Crippen molar-refractivity contribution in [1.29, 1.82) is 0 Å². The second-order valence-electron chi connectivity index (χ2n) is 7.49. The first-order chi connectivity index (χ1) is 13.0. The van der Waals surface area contributed by atoms with Crippen molar-refractivity contribution in [2.45, 2.75) is 58.3 Å². The van der Waals surface area contributed by atoms with E-state index in [2.05, 4.69) is 26.8 Å². The molecule has 0 radical (unpaired) electrons. The van der Waals surface area contributed by atoms with Crippen LogP contribution in [0.15, 0.2) is 24.3 Å². The van der Waals surface area contributed by atoms with Gasteiger partial charge in [0, 0.05) is 19.7 Å². The topological polar surface area (TPSA) is 29.5 Å². The summed E-state index contributed by atoms with van der Waals surface area (Å²) < 4.78 is 20.6. The Morgan fingerprint density at radius 1 is 1.30 bits per heavy atom. The van der Waals surface area contributed by atoms with Gasteiger partial charge < -0.3 is 9.63 Å². The van der Waals surface area contributed by atoms with Crippen LogP contribution in [0.25, 0.3) is 0 Å². The van der Waals surface area contributed by atoms with Gasteiger partial charge >= 0.3 is 0 Å². The van der Waals surface area contributed by atoms with E-state index in [1.54, 1.807) is 12.1 Å². The van der Waals surface area contributed by atoms with E-state index < -0.39 is 0 Å². The smallest absolute Gasteiger partial charge is 0.129 e. The molecule has 2 aromatic carbocycles. The molecule has 0 saturated heterocycles. The largest absolute Gasteiger partial charge is 0.487 e. The lowest BCUT2D eigenvalue weighted by Gasteiger charge is -2.20. The van der Waals surface area contributed by atoms with Crippen LogP contribution in [0, 0.1) is 5.82 Å². The maximum absolute atomic E-state index is 15.0. The highest BCUT2D eigenvalue weighted by Gasteiger charge is 2.30. The van der Waals surface area contributed by atoms with E-state index >= 15 is 4.39 Å². The van der Waals surface area contributed by atoms with Crippen LogP contribution >= 0.6 is 20.4 Å². The molecule has 0 aliphatic heterocycles. The molecule has 0 spiro atoms. The van der Waals surface area contributed by atoms with Gasteiger partial charge in [0.2, 0.25) is 0 Å². The number of hydrogen-bond acceptors (Lipinski definition) is 2. The first kappa shape index (κ1) is 20.6. The highest BCUT2D eigenvalue weighted by Crippen LogP contribution is 2.45. The average Bonchev–Trinajstić information content (AvgIpc) is 3.04. The minimum Gasteiger partial charge on any atom is -0.487 e. The molecule has 0 amide bonds. The zero-order valence-electron chi connectivity index (χ0n) is 16.1. The summed E-state index contributed by atoms with van der Waals surface area (Å²) in [5, 5.41) is 0.620. The van der Waals surface area contributed by atoms with Crippen LogP contribution in [0.2, 0.25) is 5.02 Å². The van der Waals surface area contributed by atoms with Gasteiger partial charge in [0.25, 0.3) is 0 Å². The fourth-order valence-electron chi connectivity index (χ4n) is 4.14. The van der Waals surface area contributed by atoms with Crippen molar-refractivity contribution in [2.75, 3.05) is 6.35 Å². The van der Waals surface area contributed by atoms with Gasteiger partial charge in [-0.3, -0.25) is 0 Å². The molecular formula is C22H27ClFO2P. The van der Waals surface area contributed by atoms with Gasteiger partial charge in [-0.05, 0) is 71.2 Å². The van der Waals surface area contributed by atoms with E-state index in [0.29, 0.717) is 16.7 Å². The number of ether oxygens (including phenoxy) is 1. The Morgan fingerprint density at radius 2 is 2.07 bits per heavy atom. The van der Waals surface area contributed by atoms with Gasteiger partial charge in [-0.15, -0.1) is 0 Å². The predicted octanol–water partition coefficient (Wildman–Crippen LogP) is 6.56. The SMILES string of the molecule is CCCc1cc(F)c(C2CCc3cc(OCPO)cc(Cl)c32)cc1C(C)C. The van der Waals surface area contributed by atoms with Crippen molar-refractivity contribution >= 4 is 20.4 Å². The Labute approximate surface area is 168 Å². The maximum atomic E-state index is 15.0. The molecule has 2 unspecified atom stereocenters. The zero-order valence-corrected chi connectivity index (χ0v) is 17.9. The number of fused-ring (bicyclic) bond motifs is 1. The van der Waals surface area contributed by atoms with Crippen LogP contribution in [0.1, 0.15) is 73.3 Å². The lowest BCUT2D eigenvalue weighted by atomic mass is 9.86. The molecule has 1 aliphatic rings. The van der Waals surface area contributed by atoms with Crippen molar-refractivity contribution in [3.05, 3.63) is 62.9 Å². The van der Waals surface area contributed by atoms with E-state index in [1.807, 2.05) is 6.07 Å². The first-order valence-corrected chi connectivity index (χ1v) is 11.1. The third-order valence-corrected chi connectivity index (χ3v) is 5.90. The number of benzene rings is 2. The van der Waals surface area contributed by atoms with Gasteiger partial charge in [-0.25, -0.2) is 4.39 Å². The van der Waals surface area contributed by atoms with Gasteiger partial charge in [0.05, 0.1) is 0 Å². The molecule has 5 heteroatoms. The van der Waals surface area contributed by atoms with Crippen LogP contribution in [0.5, 0.6) is 5.75 Å². The maximum Gasteiger partial charge on any atom is 0.129 e. The van der Waals surface area contributed by atoms with Crippen molar-refractivity contribution in [1.82, 2.24) is 0 Å². The summed E-state index contributed by atoms with van der Waals surface area (Å²) in [6, 6.07) is 7.57. The van der Waals surface area contributed by atoms with Crippen molar-refractivity contribution in [3.8, 4) is 5.75 Å². The Morgan fingerprint density at radius 3 is 2.74 bits per heavy atom. The Kier molecular flexibility index (Phi) is 6.78. The quantitative estimate of drug-likeness (QED) is 0.526. The van der Waals surface area contributed by atoms with E-state index in [0.717, 1.165) is 47.9 Å². The number of rotatable bonds is 7. The van der Waals surface area contributed by atoms with Gasteiger partial charge in [0.15, 0.2) is 0 Å². The summed E-state index contributed by atoms with van der Waals surface area (Å²) in [5.74, 6) is 0.882. The normalized spacial score (nSPS) is 16.5. The number of aryl methyl sites for hydroxylation is 2. The minimum absolute atomic E-state index is 0.0190. The van der Waals surface area contributed by atoms with Crippen molar-refractivity contribution in [3.63, 3.8) is 0 Å². The molecule has 0 saturated carbocycles. The fourth-order valence-corrected chi connectivity index (χ4v) is 4.73. The Balaban J connectivity index is 2.01. The van der Waals surface area contributed by atoms with Crippen LogP contribution in [-0.2, 0) is 12.8 Å². The van der Waals surface area contributed by atoms with E-state index in [1.165, 1.54) is 5.56 Å². The summed E-state index contributed by atoms with van der Waals surface area (Å²) in [7, 11) is -0.259. The molecular weight excluding hydrogens is 382 g/mol. The molecule has 2 aromatic rings. The highest BCUT2D eigenvalue weighted by molar-refractivity contribution is 7.30. The van der Waals surface area contributed by atoms with Crippen LogP contribution in [0.3, 0.4) is 0 Å². The van der Waals surface area contributed by atoms with Crippen molar-refractivity contribution in [2.24, 2.45) is 0 Å². The van der Waals surface area contributed by atoms with Gasteiger partial charge in [0.1, 0.15) is 17.9 Å². The third-order valence-electron chi connectivity index (χ3n) is 5.32. The molecule has 2 atom stereocenters. The summed E-state index contributed by atoms with van der Waals surface area (Å²) in [4.78, 5) is 8.97. The summed E-state index contributed by atoms with van der Waals surface area (Å²) >= 11 is 6.57. The Hall–Kier alpha value is -1.15. The molecule has 0 bridgehead atoms. The molecule has 2 nitrogen and oxygen atoms in total. The molecule has 1 aliphatic carbocycles. The van der Waals surface area contributed by atoms with Gasteiger partial charge in [-0.1, -0.05) is 44.9 Å². The van der Waals surface area contributed by atoms with Crippen molar-refractivity contribution < 1.29 is 14.0 Å². The lowest BCUT2D eigenvalue weighted by Crippen LogP contribution is -2.06. The first-order valence-electron chi connectivity index (χ1n) is 9.60. The molecule has 27 heavy (non-hydrogen) atoms. The molecule has 146 valence electrons. The number of halogens is 2.